The molecule has 0 unspecified atom stereocenters. The average molecular weight is 282 g/mol. The van der Waals surface area contributed by atoms with Gasteiger partial charge in [-0.15, -0.1) is 5.10 Å². The lowest BCUT2D eigenvalue weighted by molar-refractivity contribution is -0.0498. The van der Waals surface area contributed by atoms with E-state index in [9.17, 15) is 8.78 Å². The van der Waals surface area contributed by atoms with E-state index in [0.29, 0.717) is 30.8 Å². The van der Waals surface area contributed by atoms with Crippen LogP contribution in [0.5, 0.6) is 5.75 Å². The molecule has 1 saturated carbocycles. The molecule has 20 heavy (non-hydrogen) atoms. The number of ether oxygens (including phenoxy) is 1. The number of nitrogens with two attached hydrogens (primary N) is 1. The second kappa shape index (κ2) is 4.88. The highest BCUT2D eigenvalue weighted by molar-refractivity contribution is 5.54. The van der Waals surface area contributed by atoms with E-state index in [4.69, 9.17) is 10.5 Å². The van der Waals surface area contributed by atoms with Gasteiger partial charge < -0.3 is 10.5 Å². The van der Waals surface area contributed by atoms with Crippen molar-refractivity contribution in [2.75, 3.05) is 12.3 Å². The first-order valence-electron chi connectivity index (χ1n) is 6.65. The summed E-state index contributed by atoms with van der Waals surface area (Å²) >= 11 is 0. The van der Waals surface area contributed by atoms with Crippen molar-refractivity contribution in [3.05, 3.63) is 18.3 Å². The van der Waals surface area contributed by atoms with Crippen LogP contribution in [-0.2, 0) is 0 Å². The number of nitrogen functional groups attached to an aromatic ring is 1. The van der Waals surface area contributed by atoms with Crippen molar-refractivity contribution in [2.24, 2.45) is 5.92 Å². The van der Waals surface area contributed by atoms with E-state index in [1.165, 1.54) is 0 Å². The fraction of sp³-hybridized carbons (Fsp3) is 0.538. The first-order valence-corrected chi connectivity index (χ1v) is 6.65. The second-order valence-corrected chi connectivity index (χ2v) is 5.22. The van der Waals surface area contributed by atoms with Crippen molar-refractivity contribution < 1.29 is 13.5 Å². The molecule has 2 N–H and O–H groups in total. The quantitative estimate of drug-likeness (QED) is 0.939. The molecular weight excluding hydrogens is 266 g/mol. The number of alkyl halides is 2. The standard InChI is InChI=1S/C13H16F2N4O/c14-13(15)5-3-9(4-6-13)8-20-10-2-1-7-19-11(10)17-12(16)18-19/h1-2,7,9H,3-6,8H2,(H2,16,18). The van der Waals surface area contributed by atoms with Crippen LogP contribution in [0.15, 0.2) is 18.3 Å². The first kappa shape index (κ1) is 13.1. The summed E-state index contributed by atoms with van der Waals surface area (Å²) in [6, 6.07) is 3.56. The van der Waals surface area contributed by atoms with Crippen molar-refractivity contribution in [3.63, 3.8) is 0 Å². The number of pyridine rings is 1. The Morgan fingerprint density at radius 3 is 2.90 bits per heavy atom. The van der Waals surface area contributed by atoms with Crippen LogP contribution in [-0.4, -0.2) is 27.1 Å². The van der Waals surface area contributed by atoms with E-state index in [-0.39, 0.29) is 24.7 Å². The number of anilines is 1. The van der Waals surface area contributed by atoms with Crippen molar-refractivity contribution in [2.45, 2.75) is 31.6 Å². The molecule has 0 aliphatic heterocycles. The minimum atomic E-state index is -2.50. The number of fused-ring (bicyclic) bond motifs is 1. The maximum absolute atomic E-state index is 13.1. The summed E-state index contributed by atoms with van der Waals surface area (Å²) < 4.78 is 33.4. The lowest BCUT2D eigenvalue weighted by atomic mass is 9.87. The third-order valence-corrected chi connectivity index (χ3v) is 3.65. The van der Waals surface area contributed by atoms with Crippen LogP contribution in [0.3, 0.4) is 0 Å². The zero-order valence-corrected chi connectivity index (χ0v) is 10.9. The van der Waals surface area contributed by atoms with Crippen molar-refractivity contribution in [1.82, 2.24) is 14.6 Å². The van der Waals surface area contributed by atoms with Crippen molar-refractivity contribution in [3.8, 4) is 5.75 Å². The van der Waals surface area contributed by atoms with E-state index < -0.39 is 5.92 Å². The van der Waals surface area contributed by atoms with Gasteiger partial charge >= 0.3 is 0 Å². The van der Waals surface area contributed by atoms with Crippen LogP contribution in [0.1, 0.15) is 25.7 Å². The topological polar surface area (TPSA) is 65.4 Å². The van der Waals surface area contributed by atoms with Gasteiger partial charge in [0.15, 0.2) is 11.4 Å². The van der Waals surface area contributed by atoms with Gasteiger partial charge in [-0.25, -0.2) is 13.3 Å². The summed E-state index contributed by atoms with van der Waals surface area (Å²) in [7, 11) is 0. The Kier molecular flexibility index (Phi) is 3.19. The number of aromatic nitrogens is 3. The zero-order chi connectivity index (χ0) is 14.2. The Balaban J connectivity index is 1.66. The molecule has 2 aromatic rings. The summed E-state index contributed by atoms with van der Waals surface area (Å²) in [6.45, 7) is 0.419. The van der Waals surface area contributed by atoms with Gasteiger partial charge in [-0.1, -0.05) is 0 Å². The Morgan fingerprint density at radius 1 is 1.40 bits per heavy atom. The molecule has 1 aliphatic rings. The average Bonchev–Trinajstić information content (AvgIpc) is 2.78. The molecule has 0 bridgehead atoms. The minimum Gasteiger partial charge on any atom is -0.489 e. The highest BCUT2D eigenvalue weighted by atomic mass is 19.3. The third-order valence-electron chi connectivity index (χ3n) is 3.65. The monoisotopic (exact) mass is 282 g/mol. The van der Waals surface area contributed by atoms with E-state index in [0.717, 1.165) is 0 Å². The van der Waals surface area contributed by atoms with Gasteiger partial charge in [0.25, 0.3) is 0 Å². The van der Waals surface area contributed by atoms with Gasteiger partial charge in [0, 0.05) is 19.0 Å². The Morgan fingerprint density at radius 2 is 2.15 bits per heavy atom. The summed E-state index contributed by atoms with van der Waals surface area (Å²) in [5.41, 5.74) is 6.09. The zero-order valence-electron chi connectivity index (χ0n) is 10.9. The van der Waals surface area contributed by atoms with E-state index >= 15 is 0 Å². The van der Waals surface area contributed by atoms with Gasteiger partial charge in [0.2, 0.25) is 11.9 Å². The SMILES string of the molecule is Nc1nc2c(OCC3CCC(F)(F)CC3)cccn2n1. The summed E-state index contributed by atoms with van der Waals surface area (Å²) in [6.07, 6.45) is 2.61. The fourth-order valence-corrected chi connectivity index (χ4v) is 2.49. The predicted molar refractivity (Wildman–Crippen MR) is 69.8 cm³/mol. The Labute approximate surface area is 114 Å². The van der Waals surface area contributed by atoms with Crippen LogP contribution < -0.4 is 10.5 Å². The predicted octanol–water partition coefficient (Wildman–Crippen LogP) is 2.52. The molecule has 7 heteroatoms. The molecule has 0 amide bonds. The number of hydrogen-bond acceptors (Lipinski definition) is 4. The number of halogens is 2. The van der Waals surface area contributed by atoms with Crippen molar-refractivity contribution >= 4 is 11.6 Å². The molecule has 2 aromatic heterocycles. The van der Waals surface area contributed by atoms with Crippen LogP contribution >= 0.6 is 0 Å². The lowest BCUT2D eigenvalue weighted by Gasteiger charge is -2.28. The lowest BCUT2D eigenvalue weighted by Crippen LogP contribution is -2.27. The van der Waals surface area contributed by atoms with Gasteiger partial charge in [-0.3, -0.25) is 0 Å². The first-order chi connectivity index (χ1) is 9.53. The number of nitrogens with zero attached hydrogens (tertiary/aromatic N) is 3. The molecule has 0 atom stereocenters. The highest BCUT2D eigenvalue weighted by Gasteiger charge is 2.35. The molecule has 0 spiro atoms. The summed E-state index contributed by atoms with van der Waals surface area (Å²) in [4.78, 5) is 4.08. The largest absolute Gasteiger partial charge is 0.489 e. The normalized spacial score (nSPS) is 19.3. The minimum absolute atomic E-state index is 0.0525. The molecule has 0 aromatic carbocycles. The van der Waals surface area contributed by atoms with Crippen LogP contribution in [0, 0.1) is 5.92 Å². The molecule has 5 nitrogen and oxygen atoms in total. The molecule has 0 saturated heterocycles. The van der Waals surface area contributed by atoms with Crippen LogP contribution in [0.4, 0.5) is 14.7 Å². The molecule has 1 fully saturated rings. The highest BCUT2D eigenvalue weighted by Crippen LogP contribution is 2.36. The summed E-state index contributed by atoms with van der Waals surface area (Å²) in [5.74, 6) is -1.58. The Bertz CT molecular complexity index is 603. The second-order valence-electron chi connectivity index (χ2n) is 5.22. The van der Waals surface area contributed by atoms with Gasteiger partial charge in [0.1, 0.15) is 0 Å². The third kappa shape index (κ3) is 2.66. The molecule has 108 valence electrons. The molecule has 1 aliphatic carbocycles. The van der Waals surface area contributed by atoms with Gasteiger partial charge in [-0.2, -0.15) is 4.98 Å². The van der Waals surface area contributed by atoms with E-state index in [1.807, 2.05) is 0 Å². The van der Waals surface area contributed by atoms with Crippen molar-refractivity contribution in [1.29, 1.82) is 0 Å². The summed E-state index contributed by atoms with van der Waals surface area (Å²) in [5, 5.41) is 3.99. The van der Waals surface area contributed by atoms with Gasteiger partial charge in [-0.05, 0) is 30.9 Å². The van der Waals surface area contributed by atoms with E-state index in [2.05, 4.69) is 10.1 Å². The molecule has 2 heterocycles. The number of hydrogen-bond donors (Lipinski definition) is 1. The maximum Gasteiger partial charge on any atom is 0.248 e. The Hall–Kier alpha value is -1.92. The maximum atomic E-state index is 13.1. The smallest absolute Gasteiger partial charge is 0.248 e. The number of rotatable bonds is 3. The van der Waals surface area contributed by atoms with Crippen LogP contribution in [0.2, 0.25) is 0 Å². The molecule has 3 rings (SSSR count). The fourth-order valence-electron chi connectivity index (χ4n) is 2.49. The molecular formula is C13H16F2N4O. The van der Waals surface area contributed by atoms with Crippen LogP contribution in [0.25, 0.3) is 5.65 Å². The van der Waals surface area contributed by atoms with E-state index in [1.54, 1.807) is 22.8 Å². The molecule has 0 radical (unpaired) electrons. The van der Waals surface area contributed by atoms with Gasteiger partial charge in [0.05, 0.1) is 6.61 Å².